The fraction of sp³-hybridized carbons (Fsp3) is 0.400. The maximum atomic E-state index is 12.3. The number of rotatable bonds is 5. The Labute approximate surface area is 124 Å². The van der Waals surface area contributed by atoms with Gasteiger partial charge in [-0.2, -0.15) is 5.10 Å². The Morgan fingerprint density at radius 3 is 2.71 bits per heavy atom. The highest BCUT2D eigenvalue weighted by Gasteiger charge is 2.13. The number of anilines is 2. The standard InChI is InChI=1S/C15H21N5O/c1-5-11(2)20-14(8-9-17-20)18-15(21)12-6-7-13(16-10-12)19(3)4/h6-11H,5H2,1-4H3,(H,18,21). The summed E-state index contributed by atoms with van der Waals surface area (Å²) in [7, 11) is 3.82. The van der Waals surface area contributed by atoms with Crippen molar-refractivity contribution in [3.8, 4) is 0 Å². The van der Waals surface area contributed by atoms with Crippen LogP contribution in [-0.4, -0.2) is 34.8 Å². The van der Waals surface area contributed by atoms with Gasteiger partial charge in [-0.3, -0.25) is 4.79 Å². The molecule has 0 aliphatic carbocycles. The quantitative estimate of drug-likeness (QED) is 0.918. The predicted octanol–water partition coefficient (Wildman–Crippen LogP) is 2.57. The molecular weight excluding hydrogens is 266 g/mol. The van der Waals surface area contributed by atoms with Gasteiger partial charge in [0.1, 0.15) is 11.6 Å². The average molecular weight is 287 g/mol. The van der Waals surface area contributed by atoms with Gasteiger partial charge in [0, 0.05) is 26.4 Å². The summed E-state index contributed by atoms with van der Waals surface area (Å²) >= 11 is 0. The molecule has 0 aromatic carbocycles. The van der Waals surface area contributed by atoms with Crippen molar-refractivity contribution in [2.45, 2.75) is 26.3 Å². The number of pyridine rings is 1. The Morgan fingerprint density at radius 2 is 2.14 bits per heavy atom. The fourth-order valence-corrected chi connectivity index (χ4v) is 1.91. The maximum absolute atomic E-state index is 12.3. The first-order valence-corrected chi connectivity index (χ1v) is 7.01. The van der Waals surface area contributed by atoms with Crippen molar-refractivity contribution in [2.75, 3.05) is 24.3 Å². The summed E-state index contributed by atoms with van der Waals surface area (Å²) in [4.78, 5) is 18.4. The highest BCUT2D eigenvalue weighted by atomic mass is 16.1. The molecule has 112 valence electrons. The third-order valence-electron chi connectivity index (χ3n) is 3.39. The fourth-order valence-electron chi connectivity index (χ4n) is 1.91. The summed E-state index contributed by atoms with van der Waals surface area (Å²) in [6, 6.07) is 5.62. The van der Waals surface area contributed by atoms with E-state index in [0.717, 1.165) is 12.2 Å². The maximum Gasteiger partial charge on any atom is 0.258 e. The molecule has 0 saturated carbocycles. The van der Waals surface area contributed by atoms with Crippen molar-refractivity contribution in [3.05, 3.63) is 36.2 Å². The van der Waals surface area contributed by atoms with E-state index >= 15 is 0 Å². The van der Waals surface area contributed by atoms with Gasteiger partial charge in [0.2, 0.25) is 0 Å². The van der Waals surface area contributed by atoms with Gasteiger partial charge in [0.05, 0.1) is 17.8 Å². The van der Waals surface area contributed by atoms with Crippen molar-refractivity contribution in [1.29, 1.82) is 0 Å². The lowest BCUT2D eigenvalue weighted by atomic mass is 10.2. The van der Waals surface area contributed by atoms with Crippen LogP contribution in [0.5, 0.6) is 0 Å². The van der Waals surface area contributed by atoms with E-state index in [1.165, 1.54) is 0 Å². The molecule has 6 heteroatoms. The van der Waals surface area contributed by atoms with Gasteiger partial charge >= 0.3 is 0 Å². The van der Waals surface area contributed by atoms with Gasteiger partial charge in [-0.15, -0.1) is 0 Å². The first-order chi connectivity index (χ1) is 10.0. The Balaban J connectivity index is 2.13. The van der Waals surface area contributed by atoms with Crippen LogP contribution in [0.1, 0.15) is 36.7 Å². The molecule has 0 aliphatic rings. The monoisotopic (exact) mass is 287 g/mol. The Kier molecular flexibility index (Phi) is 4.57. The lowest BCUT2D eigenvalue weighted by molar-refractivity contribution is 0.102. The summed E-state index contributed by atoms with van der Waals surface area (Å²) in [6.07, 6.45) is 4.22. The van der Waals surface area contributed by atoms with Crippen molar-refractivity contribution < 1.29 is 4.79 Å². The van der Waals surface area contributed by atoms with Crippen LogP contribution < -0.4 is 10.2 Å². The van der Waals surface area contributed by atoms with Gasteiger partial charge in [-0.05, 0) is 25.5 Å². The third kappa shape index (κ3) is 3.39. The molecule has 1 atom stereocenters. The molecule has 0 bridgehead atoms. The Morgan fingerprint density at radius 1 is 1.38 bits per heavy atom. The van der Waals surface area contributed by atoms with Crippen molar-refractivity contribution in [3.63, 3.8) is 0 Å². The minimum absolute atomic E-state index is 0.183. The van der Waals surface area contributed by atoms with Crippen LogP contribution in [0, 0.1) is 0 Å². The minimum Gasteiger partial charge on any atom is -0.363 e. The Bertz CT molecular complexity index is 603. The third-order valence-corrected chi connectivity index (χ3v) is 3.39. The molecule has 0 spiro atoms. The summed E-state index contributed by atoms with van der Waals surface area (Å²) in [5.74, 6) is 1.33. The number of aromatic nitrogens is 3. The normalized spacial score (nSPS) is 12.0. The molecule has 0 radical (unpaired) electrons. The van der Waals surface area contributed by atoms with Gasteiger partial charge in [-0.1, -0.05) is 6.92 Å². The number of hydrogen-bond donors (Lipinski definition) is 1. The SMILES string of the molecule is CCC(C)n1nccc1NC(=O)c1ccc(N(C)C)nc1. The lowest BCUT2D eigenvalue weighted by Crippen LogP contribution is -2.18. The molecule has 6 nitrogen and oxygen atoms in total. The van der Waals surface area contributed by atoms with Gasteiger partial charge in [0.15, 0.2) is 0 Å². The molecule has 0 fully saturated rings. The Hall–Kier alpha value is -2.37. The predicted molar refractivity (Wildman–Crippen MR) is 83.7 cm³/mol. The van der Waals surface area contributed by atoms with Gasteiger partial charge in [-0.25, -0.2) is 9.67 Å². The van der Waals surface area contributed by atoms with Crippen molar-refractivity contribution >= 4 is 17.5 Å². The van der Waals surface area contributed by atoms with Crippen LogP contribution >= 0.6 is 0 Å². The molecule has 1 unspecified atom stereocenters. The highest BCUT2D eigenvalue weighted by molar-refractivity contribution is 6.03. The van der Waals surface area contributed by atoms with E-state index in [-0.39, 0.29) is 11.9 Å². The van der Waals surface area contributed by atoms with Crippen LogP contribution in [0.2, 0.25) is 0 Å². The largest absolute Gasteiger partial charge is 0.363 e. The lowest BCUT2D eigenvalue weighted by Gasteiger charge is -2.14. The molecule has 1 amide bonds. The number of carbonyl (C=O) groups excluding carboxylic acids is 1. The second kappa shape index (κ2) is 6.39. The van der Waals surface area contributed by atoms with Crippen LogP contribution in [0.4, 0.5) is 11.6 Å². The number of nitrogens with zero attached hydrogens (tertiary/aromatic N) is 4. The first-order valence-electron chi connectivity index (χ1n) is 7.01. The summed E-state index contributed by atoms with van der Waals surface area (Å²) in [5.41, 5.74) is 0.525. The minimum atomic E-state index is -0.183. The summed E-state index contributed by atoms with van der Waals surface area (Å²) in [5, 5.41) is 7.13. The zero-order valence-corrected chi connectivity index (χ0v) is 12.9. The van der Waals surface area contributed by atoms with E-state index in [4.69, 9.17) is 0 Å². The molecule has 21 heavy (non-hydrogen) atoms. The molecule has 2 aromatic heterocycles. The van der Waals surface area contributed by atoms with E-state index in [1.54, 1.807) is 24.5 Å². The second-order valence-corrected chi connectivity index (χ2v) is 5.17. The van der Waals surface area contributed by atoms with Crippen LogP contribution in [0.15, 0.2) is 30.6 Å². The van der Waals surface area contributed by atoms with E-state index in [0.29, 0.717) is 11.4 Å². The number of nitrogens with one attached hydrogen (secondary N) is 1. The highest BCUT2D eigenvalue weighted by Crippen LogP contribution is 2.17. The molecule has 1 N–H and O–H groups in total. The van der Waals surface area contributed by atoms with Crippen molar-refractivity contribution in [1.82, 2.24) is 14.8 Å². The van der Waals surface area contributed by atoms with E-state index in [1.807, 2.05) is 29.7 Å². The topological polar surface area (TPSA) is 63.1 Å². The van der Waals surface area contributed by atoms with E-state index < -0.39 is 0 Å². The molecule has 2 rings (SSSR count). The second-order valence-electron chi connectivity index (χ2n) is 5.17. The molecule has 2 heterocycles. The zero-order valence-electron chi connectivity index (χ0n) is 12.9. The van der Waals surface area contributed by atoms with Crippen LogP contribution in [-0.2, 0) is 0 Å². The van der Waals surface area contributed by atoms with Crippen molar-refractivity contribution in [2.24, 2.45) is 0 Å². The summed E-state index contributed by atoms with van der Waals surface area (Å²) < 4.78 is 1.82. The average Bonchev–Trinajstić information content (AvgIpc) is 2.94. The number of carbonyl (C=O) groups is 1. The molecular formula is C15H21N5O. The summed E-state index contributed by atoms with van der Waals surface area (Å²) in [6.45, 7) is 4.15. The zero-order chi connectivity index (χ0) is 15.4. The van der Waals surface area contributed by atoms with E-state index in [9.17, 15) is 4.79 Å². The first kappa shape index (κ1) is 15.0. The smallest absolute Gasteiger partial charge is 0.258 e. The molecule has 0 aliphatic heterocycles. The number of amides is 1. The van der Waals surface area contributed by atoms with Crippen LogP contribution in [0.25, 0.3) is 0 Å². The van der Waals surface area contributed by atoms with Gasteiger partial charge in [0.25, 0.3) is 5.91 Å². The van der Waals surface area contributed by atoms with Gasteiger partial charge < -0.3 is 10.2 Å². The molecule has 2 aromatic rings. The number of hydrogen-bond acceptors (Lipinski definition) is 4. The van der Waals surface area contributed by atoms with E-state index in [2.05, 4.69) is 29.2 Å². The molecule has 0 saturated heterocycles. The van der Waals surface area contributed by atoms with Crippen LogP contribution in [0.3, 0.4) is 0 Å².